The average molecular weight is 546 g/mol. The highest BCUT2D eigenvalue weighted by Crippen LogP contribution is 2.35. The molecular weight excluding hydrogens is 522 g/mol. The van der Waals surface area contributed by atoms with Crippen LogP contribution in [0.5, 0.6) is 0 Å². The molecule has 2 amide bonds. The number of amides is 2. The van der Waals surface area contributed by atoms with Crippen molar-refractivity contribution in [3.8, 4) is 0 Å². The maximum atomic E-state index is 13.4. The number of aromatic nitrogens is 5. The van der Waals surface area contributed by atoms with E-state index in [-0.39, 0.29) is 36.4 Å². The van der Waals surface area contributed by atoms with Crippen molar-refractivity contribution in [1.82, 2.24) is 35.2 Å². The van der Waals surface area contributed by atoms with E-state index in [4.69, 9.17) is 16.3 Å². The molecule has 0 aliphatic heterocycles. The fourth-order valence-electron chi connectivity index (χ4n) is 4.61. The van der Waals surface area contributed by atoms with Crippen molar-refractivity contribution in [3.63, 3.8) is 0 Å². The number of esters is 1. The molecule has 1 atom stereocenters. The Morgan fingerprint density at radius 1 is 1.21 bits per heavy atom. The summed E-state index contributed by atoms with van der Waals surface area (Å²) in [5.74, 6) is -1.22. The molecule has 198 valence electrons. The number of hydrogen-bond acceptors (Lipinski definition) is 8. The normalized spacial score (nSPS) is 14.1. The van der Waals surface area contributed by atoms with Crippen molar-refractivity contribution in [3.05, 3.63) is 99.9 Å². The lowest BCUT2D eigenvalue weighted by Gasteiger charge is -2.16. The number of nitrogens with zero attached hydrogens (tertiary/aromatic N) is 5. The zero-order valence-corrected chi connectivity index (χ0v) is 21.7. The number of ether oxygens (including phenoxy) is 1. The second-order valence-corrected chi connectivity index (χ2v) is 9.31. The Labute approximate surface area is 228 Å². The summed E-state index contributed by atoms with van der Waals surface area (Å²) in [4.78, 5) is 50.9. The molecular formula is C27H24ClN7O4. The molecule has 3 aromatic heterocycles. The number of carbonyl (C=O) groups is 3. The lowest BCUT2D eigenvalue weighted by atomic mass is 9.98. The maximum Gasteiger partial charge on any atom is 0.338 e. The molecule has 1 aliphatic rings. The minimum absolute atomic E-state index is 0.0196. The minimum Gasteiger partial charge on any atom is -0.458 e. The number of benzene rings is 1. The van der Waals surface area contributed by atoms with Gasteiger partial charge in [-0.1, -0.05) is 30.3 Å². The SMILES string of the molecule is C=CCOC(=O)c1ccc2c(c1C)CC[C@@H]2NC(=O)c1cc(C(=O)NCc2ccnc(Cl)c2)nc2ncnn12. The minimum atomic E-state index is -0.486. The average Bonchev–Trinajstić information content (AvgIpc) is 3.57. The van der Waals surface area contributed by atoms with Crippen LogP contribution in [0.4, 0.5) is 0 Å². The summed E-state index contributed by atoms with van der Waals surface area (Å²) in [7, 11) is 0. The van der Waals surface area contributed by atoms with E-state index in [1.807, 2.05) is 13.0 Å². The molecule has 0 saturated carbocycles. The van der Waals surface area contributed by atoms with Gasteiger partial charge in [0.2, 0.25) is 0 Å². The van der Waals surface area contributed by atoms with Gasteiger partial charge >= 0.3 is 5.97 Å². The molecule has 0 spiro atoms. The first-order valence-electron chi connectivity index (χ1n) is 12.2. The summed E-state index contributed by atoms with van der Waals surface area (Å²) in [6.45, 7) is 5.77. The third kappa shape index (κ3) is 5.34. The van der Waals surface area contributed by atoms with Crippen molar-refractivity contribution < 1.29 is 19.1 Å². The van der Waals surface area contributed by atoms with E-state index in [0.29, 0.717) is 23.6 Å². The third-order valence-electron chi connectivity index (χ3n) is 6.51. The number of pyridine rings is 1. The molecule has 2 N–H and O–H groups in total. The van der Waals surface area contributed by atoms with E-state index < -0.39 is 17.8 Å². The summed E-state index contributed by atoms with van der Waals surface area (Å²) in [5, 5.41) is 10.2. The van der Waals surface area contributed by atoms with Crippen molar-refractivity contribution in [2.24, 2.45) is 0 Å². The zero-order valence-electron chi connectivity index (χ0n) is 21.0. The first kappa shape index (κ1) is 26.0. The second kappa shape index (κ2) is 11.0. The van der Waals surface area contributed by atoms with E-state index in [9.17, 15) is 14.4 Å². The molecule has 3 heterocycles. The molecule has 0 unspecified atom stereocenters. The van der Waals surface area contributed by atoms with Crippen molar-refractivity contribution in [2.75, 3.05) is 6.61 Å². The summed E-state index contributed by atoms with van der Waals surface area (Å²) in [6.07, 6.45) is 5.67. The lowest BCUT2D eigenvalue weighted by molar-refractivity contribution is 0.0548. The van der Waals surface area contributed by atoms with Gasteiger partial charge in [0.15, 0.2) is 0 Å². The predicted octanol–water partition coefficient (Wildman–Crippen LogP) is 3.17. The van der Waals surface area contributed by atoms with Gasteiger partial charge in [-0.3, -0.25) is 9.59 Å². The molecule has 5 rings (SSSR count). The lowest BCUT2D eigenvalue weighted by Crippen LogP contribution is -2.30. The van der Waals surface area contributed by atoms with Crippen LogP contribution in [-0.4, -0.2) is 49.0 Å². The number of fused-ring (bicyclic) bond motifs is 2. The number of carbonyl (C=O) groups excluding carboxylic acids is 3. The largest absolute Gasteiger partial charge is 0.458 e. The van der Waals surface area contributed by atoms with Crippen LogP contribution in [0, 0.1) is 6.92 Å². The quantitative estimate of drug-likeness (QED) is 0.195. The molecule has 0 bridgehead atoms. The zero-order chi connectivity index (χ0) is 27.5. The number of halogens is 1. The van der Waals surface area contributed by atoms with Crippen LogP contribution in [0.3, 0.4) is 0 Å². The molecule has 4 aromatic rings. The Morgan fingerprint density at radius 3 is 2.85 bits per heavy atom. The van der Waals surface area contributed by atoms with Gasteiger partial charge in [-0.15, -0.1) is 0 Å². The van der Waals surface area contributed by atoms with Gasteiger partial charge < -0.3 is 15.4 Å². The predicted molar refractivity (Wildman–Crippen MR) is 141 cm³/mol. The van der Waals surface area contributed by atoms with Gasteiger partial charge in [-0.2, -0.15) is 14.6 Å². The highest BCUT2D eigenvalue weighted by molar-refractivity contribution is 6.29. The highest BCUT2D eigenvalue weighted by Gasteiger charge is 2.29. The molecule has 0 radical (unpaired) electrons. The Bertz CT molecular complexity index is 1620. The smallest absolute Gasteiger partial charge is 0.338 e. The van der Waals surface area contributed by atoms with Crippen molar-refractivity contribution in [2.45, 2.75) is 32.4 Å². The summed E-state index contributed by atoms with van der Waals surface area (Å²) in [5.41, 5.74) is 4.15. The monoisotopic (exact) mass is 545 g/mol. The Morgan fingerprint density at radius 2 is 2.05 bits per heavy atom. The molecule has 11 nitrogen and oxygen atoms in total. The van der Waals surface area contributed by atoms with Crippen LogP contribution in [0.1, 0.15) is 66.1 Å². The van der Waals surface area contributed by atoms with Gasteiger partial charge in [-0.05, 0) is 60.2 Å². The van der Waals surface area contributed by atoms with Crippen LogP contribution in [0.15, 0.2) is 55.5 Å². The molecule has 0 fully saturated rings. The Hall–Kier alpha value is -4.64. The van der Waals surface area contributed by atoms with E-state index >= 15 is 0 Å². The highest BCUT2D eigenvalue weighted by atomic mass is 35.5. The van der Waals surface area contributed by atoms with Crippen LogP contribution >= 0.6 is 11.6 Å². The Balaban J connectivity index is 1.35. The van der Waals surface area contributed by atoms with E-state index in [1.54, 1.807) is 24.4 Å². The van der Waals surface area contributed by atoms with Crippen molar-refractivity contribution in [1.29, 1.82) is 0 Å². The standard InChI is InChI=1S/C27H24ClN7O4/c1-3-10-39-26(38)18-4-5-19-17(15(18)2)6-7-20(19)33-25(37)22-12-21(34-27-31-14-32-35(22)27)24(36)30-13-16-8-9-29-23(28)11-16/h3-5,8-9,11-12,14,20H,1,6-7,10,13H2,2H3,(H,30,36)(H,33,37)/t20-/m0/s1. The summed E-state index contributed by atoms with van der Waals surface area (Å²) in [6, 6.07) is 8.02. The number of rotatable bonds is 8. The third-order valence-corrected chi connectivity index (χ3v) is 6.72. The first-order chi connectivity index (χ1) is 18.9. The van der Waals surface area contributed by atoms with Crippen LogP contribution in [0.2, 0.25) is 5.15 Å². The van der Waals surface area contributed by atoms with Gasteiger partial charge in [0.05, 0.1) is 11.6 Å². The topological polar surface area (TPSA) is 140 Å². The first-order valence-corrected chi connectivity index (χ1v) is 12.5. The van der Waals surface area contributed by atoms with E-state index in [2.05, 4.69) is 37.3 Å². The van der Waals surface area contributed by atoms with Crippen LogP contribution in [0.25, 0.3) is 5.78 Å². The van der Waals surface area contributed by atoms with Gasteiger partial charge in [0.1, 0.15) is 29.5 Å². The summed E-state index contributed by atoms with van der Waals surface area (Å²) < 4.78 is 6.48. The molecule has 0 saturated heterocycles. The molecule has 12 heteroatoms. The van der Waals surface area contributed by atoms with Gasteiger partial charge in [-0.25, -0.2) is 14.8 Å². The molecule has 1 aliphatic carbocycles. The van der Waals surface area contributed by atoms with Crippen LogP contribution in [-0.2, 0) is 17.7 Å². The second-order valence-electron chi connectivity index (χ2n) is 8.93. The van der Waals surface area contributed by atoms with E-state index in [1.165, 1.54) is 23.0 Å². The maximum absolute atomic E-state index is 13.4. The number of hydrogen-bond donors (Lipinski definition) is 2. The molecule has 1 aromatic carbocycles. The number of nitrogens with one attached hydrogen (secondary N) is 2. The van der Waals surface area contributed by atoms with Crippen LogP contribution < -0.4 is 10.6 Å². The molecule has 39 heavy (non-hydrogen) atoms. The van der Waals surface area contributed by atoms with Gasteiger partial charge in [0, 0.05) is 18.8 Å². The fraction of sp³-hybridized carbons (Fsp3) is 0.222. The van der Waals surface area contributed by atoms with Crippen molar-refractivity contribution >= 4 is 35.2 Å². The fourth-order valence-corrected chi connectivity index (χ4v) is 4.81. The van der Waals surface area contributed by atoms with E-state index in [0.717, 1.165) is 22.3 Å². The summed E-state index contributed by atoms with van der Waals surface area (Å²) >= 11 is 5.91. The van der Waals surface area contributed by atoms with Gasteiger partial charge in [0.25, 0.3) is 17.6 Å². The Kier molecular flexibility index (Phi) is 7.33.